The predicted molar refractivity (Wildman–Crippen MR) is 114 cm³/mol. The van der Waals surface area contributed by atoms with Crippen molar-refractivity contribution in [1.29, 1.82) is 0 Å². The summed E-state index contributed by atoms with van der Waals surface area (Å²) >= 11 is 0. The van der Waals surface area contributed by atoms with Crippen LogP contribution in [0.2, 0.25) is 0 Å². The molecule has 4 nitrogen and oxygen atoms in total. The number of amides is 1. The van der Waals surface area contributed by atoms with Crippen LogP contribution in [-0.4, -0.2) is 24.5 Å². The average Bonchev–Trinajstić information content (AvgIpc) is 2.60. The minimum Gasteiger partial charge on any atom is -0.446 e. The standard InChI is InChI=1S/C24H43NO3/c1-8-16(2)10-11-19-18(4)20(28-22(27)25-15-17(3)26)14-21-23(5,6)12-9-13-24(19,21)7/h16,18-21H,8-15H2,1-7H3,(H,25,27)/t16-,18-,19+,20+,21+,24-/m1/s1. The molecule has 2 rings (SSSR count). The second kappa shape index (κ2) is 9.17. The van der Waals surface area contributed by atoms with Crippen molar-refractivity contribution >= 4 is 11.9 Å². The Balaban J connectivity index is 2.21. The Bertz CT molecular complexity index is 558. The first-order valence-electron chi connectivity index (χ1n) is 11.4. The lowest BCUT2D eigenvalue weighted by atomic mass is 9.45. The molecule has 0 saturated heterocycles. The van der Waals surface area contributed by atoms with E-state index in [1.807, 2.05) is 0 Å². The highest BCUT2D eigenvalue weighted by Gasteiger charge is 2.56. The number of fused-ring (bicyclic) bond motifs is 1. The van der Waals surface area contributed by atoms with Gasteiger partial charge in [-0.2, -0.15) is 0 Å². The Morgan fingerprint density at radius 1 is 1.21 bits per heavy atom. The fourth-order valence-electron chi connectivity index (χ4n) is 6.30. The van der Waals surface area contributed by atoms with Gasteiger partial charge in [0.1, 0.15) is 11.9 Å². The topological polar surface area (TPSA) is 55.4 Å². The molecule has 0 bridgehead atoms. The first-order chi connectivity index (χ1) is 13.0. The fourth-order valence-corrected chi connectivity index (χ4v) is 6.30. The summed E-state index contributed by atoms with van der Waals surface area (Å²) < 4.78 is 5.90. The molecule has 2 saturated carbocycles. The van der Waals surface area contributed by atoms with Crippen LogP contribution in [0.4, 0.5) is 4.79 Å². The van der Waals surface area contributed by atoms with Crippen LogP contribution in [0, 0.1) is 34.5 Å². The molecule has 2 aliphatic rings. The number of hydrogen-bond acceptors (Lipinski definition) is 3. The van der Waals surface area contributed by atoms with E-state index >= 15 is 0 Å². The van der Waals surface area contributed by atoms with Crippen LogP contribution in [-0.2, 0) is 9.53 Å². The summed E-state index contributed by atoms with van der Waals surface area (Å²) in [6, 6.07) is 0. The second-order valence-electron chi connectivity index (χ2n) is 10.7. The van der Waals surface area contributed by atoms with Gasteiger partial charge >= 0.3 is 6.09 Å². The number of nitrogens with one attached hydrogen (secondary N) is 1. The Labute approximate surface area is 172 Å². The van der Waals surface area contributed by atoms with Gasteiger partial charge in [0.2, 0.25) is 0 Å². The van der Waals surface area contributed by atoms with E-state index in [9.17, 15) is 9.59 Å². The van der Waals surface area contributed by atoms with Crippen LogP contribution in [0.3, 0.4) is 0 Å². The predicted octanol–water partition coefficient (Wildman–Crippen LogP) is 5.99. The van der Waals surface area contributed by atoms with Gasteiger partial charge < -0.3 is 10.1 Å². The lowest BCUT2D eigenvalue weighted by Gasteiger charge is -2.60. The smallest absolute Gasteiger partial charge is 0.407 e. The van der Waals surface area contributed by atoms with E-state index in [1.54, 1.807) is 0 Å². The molecule has 0 radical (unpaired) electrons. The Morgan fingerprint density at radius 3 is 2.50 bits per heavy atom. The average molecular weight is 394 g/mol. The lowest BCUT2D eigenvalue weighted by Crippen LogP contribution is -2.56. The molecule has 0 spiro atoms. The van der Waals surface area contributed by atoms with Gasteiger partial charge in [0, 0.05) is 0 Å². The third-order valence-corrected chi connectivity index (χ3v) is 8.22. The van der Waals surface area contributed by atoms with Crippen molar-refractivity contribution in [3.8, 4) is 0 Å². The summed E-state index contributed by atoms with van der Waals surface area (Å²) in [4.78, 5) is 23.5. The molecule has 1 amide bonds. The number of ketones is 1. The Hall–Kier alpha value is -1.06. The molecule has 2 fully saturated rings. The molecule has 28 heavy (non-hydrogen) atoms. The van der Waals surface area contributed by atoms with Gasteiger partial charge in [0.15, 0.2) is 0 Å². The number of Topliss-reactive ketones (excluding diaryl/α,β-unsaturated/α-hetero) is 1. The molecule has 0 aromatic heterocycles. The minimum absolute atomic E-state index is 0.0456. The number of carbonyl (C=O) groups excluding carboxylic acids is 2. The van der Waals surface area contributed by atoms with Crippen molar-refractivity contribution in [3.05, 3.63) is 0 Å². The van der Waals surface area contributed by atoms with Gasteiger partial charge in [-0.25, -0.2) is 4.79 Å². The maximum atomic E-state index is 12.3. The molecule has 4 heteroatoms. The quantitative estimate of drug-likeness (QED) is 0.578. The van der Waals surface area contributed by atoms with E-state index in [0.29, 0.717) is 23.2 Å². The van der Waals surface area contributed by atoms with Gasteiger partial charge in [-0.1, -0.05) is 60.8 Å². The maximum absolute atomic E-state index is 12.3. The summed E-state index contributed by atoms with van der Waals surface area (Å²) in [5.41, 5.74) is 0.601. The van der Waals surface area contributed by atoms with Gasteiger partial charge in [-0.3, -0.25) is 4.79 Å². The summed E-state index contributed by atoms with van der Waals surface area (Å²) in [5, 5.41) is 2.62. The molecule has 0 aliphatic heterocycles. The van der Waals surface area contributed by atoms with Crippen molar-refractivity contribution in [3.63, 3.8) is 0 Å². The molecule has 162 valence electrons. The van der Waals surface area contributed by atoms with E-state index < -0.39 is 6.09 Å². The van der Waals surface area contributed by atoms with Gasteiger partial charge in [-0.15, -0.1) is 0 Å². The number of carbonyl (C=O) groups is 2. The van der Waals surface area contributed by atoms with E-state index in [2.05, 4.69) is 46.9 Å². The van der Waals surface area contributed by atoms with E-state index in [-0.39, 0.29) is 23.8 Å². The largest absolute Gasteiger partial charge is 0.446 e. The first-order valence-corrected chi connectivity index (χ1v) is 11.4. The van der Waals surface area contributed by atoms with Crippen LogP contribution < -0.4 is 5.32 Å². The molecule has 6 atom stereocenters. The van der Waals surface area contributed by atoms with Crippen LogP contribution >= 0.6 is 0 Å². The van der Waals surface area contributed by atoms with Crippen LogP contribution in [0.25, 0.3) is 0 Å². The third-order valence-electron chi connectivity index (χ3n) is 8.22. The van der Waals surface area contributed by atoms with E-state index in [1.165, 1.54) is 45.4 Å². The lowest BCUT2D eigenvalue weighted by molar-refractivity contribution is -0.143. The highest BCUT2D eigenvalue weighted by molar-refractivity contribution is 5.81. The highest BCUT2D eigenvalue weighted by atomic mass is 16.6. The number of rotatable bonds is 7. The molecular formula is C24H43NO3. The fraction of sp³-hybridized carbons (Fsp3) is 0.917. The molecule has 0 aromatic rings. The van der Waals surface area contributed by atoms with Crippen LogP contribution in [0.1, 0.15) is 93.4 Å². The second-order valence-corrected chi connectivity index (χ2v) is 10.7. The van der Waals surface area contributed by atoms with Crippen molar-refractivity contribution in [2.75, 3.05) is 6.54 Å². The van der Waals surface area contributed by atoms with E-state index in [4.69, 9.17) is 4.74 Å². The summed E-state index contributed by atoms with van der Waals surface area (Å²) in [6.45, 7) is 15.8. The maximum Gasteiger partial charge on any atom is 0.407 e. The molecular weight excluding hydrogens is 350 g/mol. The van der Waals surface area contributed by atoms with Crippen molar-refractivity contribution in [2.45, 2.75) is 99.5 Å². The van der Waals surface area contributed by atoms with Crippen molar-refractivity contribution in [2.24, 2.45) is 34.5 Å². The Kier molecular flexibility index (Phi) is 7.61. The zero-order valence-electron chi connectivity index (χ0n) is 19.3. The van der Waals surface area contributed by atoms with Gasteiger partial charge in [0.05, 0.1) is 6.54 Å². The molecule has 1 N–H and O–H groups in total. The summed E-state index contributed by atoms with van der Waals surface area (Å²) in [6.07, 6.45) is 7.97. The molecule has 0 heterocycles. The summed E-state index contributed by atoms with van der Waals surface area (Å²) in [5.74, 6) is 2.18. The number of hydrogen-bond donors (Lipinski definition) is 1. The van der Waals surface area contributed by atoms with Crippen LogP contribution in [0.15, 0.2) is 0 Å². The SMILES string of the molecule is CC[C@@H](C)CC[C@H]1[C@@H](C)[C@@H](OC(=O)NCC(C)=O)C[C@H]2C(C)(C)CCC[C@]12C. The van der Waals surface area contributed by atoms with E-state index in [0.717, 1.165) is 12.3 Å². The van der Waals surface area contributed by atoms with Gasteiger partial charge in [0.25, 0.3) is 0 Å². The number of ether oxygens (including phenoxy) is 1. The van der Waals surface area contributed by atoms with Crippen molar-refractivity contribution in [1.82, 2.24) is 5.32 Å². The number of alkyl carbamates (subject to hydrolysis) is 1. The minimum atomic E-state index is -0.440. The molecule has 0 aromatic carbocycles. The molecule has 0 unspecified atom stereocenters. The molecule has 2 aliphatic carbocycles. The Morgan fingerprint density at radius 2 is 1.89 bits per heavy atom. The van der Waals surface area contributed by atoms with Gasteiger partial charge in [-0.05, 0) is 67.1 Å². The third kappa shape index (κ3) is 5.10. The zero-order chi connectivity index (χ0) is 21.1. The normalized spacial score (nSPS) is 35.5. The summed E-state index contributed by atoms with van der Waals surface area (Å²) in [7, 11) is 0. The zero-order valence-corrected chi connectivity index (χ0v) is 19.3. The van der Waals surface area contributed by atoms with Crippen LogP contribution in [0.5, 0.6) is 0 Å². The van der Waals surface area contributed by atoms with Crippen molar-refractivity contribution < 1.29 is 14.3 Å². The highest BCUT2D eigenvalue weighted by Crippen LogP contribution is 2.62. The monoisotopic (exact) mass is 393 g/mol. The first kappa shape index (κ1) is 23.2.